The molecule has 0 fully saturated rings. The highest BCUT2D eigenvalue weighted by Crippen LogP contribution is 2.17. The number of aliphatic hydroxyl groups excluding tert-OH is 2. The monoisotopic (exact) mass is 848 g/mol. The van der Waals surface area contributed by atoms with Gasteiger partial charge in [-0.25, -0.2) is 0 Å². The molecule has 1 amide bonds. The predicted molar refractivity (Wildman–Crippen MR) is 260 cm³/mol. The smallest absolute Gasteiger partial charge is 0.305 e. The third-order valence-electron chi connectivity index (χ3n) is 12.6. The van der Waals surface area contributed by atoms with E-state index in [0.29, 0.717) is 25.9 Å². The third kappa shape index (κ3) is 46.1. The lowest BCUT2D eigenvalue weighted by Crippen LogP contribution is -2.45. The molecule has 2 atom stereocenters. The van der Waals surface area contributed by atoms with Crippen molar-refractivity contribution in [2.24, 2.45) is 0 Å². The van der Waals surface area contributed by atoms with E-state index in [1.54, 1.807) is 0 Å². The maximum absolute atomic E-state index is 12.5. The fraction of sp³-hybridized carbons (Fsp3) is 0.926. The van der Waals surface area contributed by atoms with Crippen LogP contribution in [0.1, 0.15) is 296 Å². The molecule has 2 unspecified atom stereocenters. The van der Waals surface area contributed by atoms with Gasteiger partial charge in [-0.3, -0.25) is 9.59 Å². The average Bonchev–Trinajstić information content (AvgIpc) is 3.25. The first-order valence-corrected chi connectivity index (χ1v) is 26.9. The Morgan fingerprint density at radius 2 is 0.783 bits per heavy atom. The second-order valence-corrected chi connectivity index (χ2v) is 18.6. The van der Waals surface area contributed by atoms with E-state index in [-0.39, 0.29) is 18.5 Å². The van der Waals surface area contributed by atoms with E-state index in [1.807, 2.05) is 0 Å². The molecule has 356 valence electrons. The maximum Gasteiger partial charge on any atom is 0.305 e. The Balaban J connectivity index is 3.45. The van der Waals surface area contributed by atoms with E-state index in [9.17, 15) is 19.8 Å². The molecule has 0 aliphatic heterocycles. The van der Waals surface area contributed by atoms with Crippen LogP contribution in [0.3, 0.4) is 0 Å². The normalized spacial score (nSPS) is 12.7. The molecule has 0 aromatic heterocycles. The molecule has 0 radical (unpaired) electrons. The van der Waals surface area contributed by atoms with Crippen LogP contribution in [0.25, 0.3) is 0 Å². The Hall–Kier alpha value is -1.40. The number of aliphatic hydroxyl groups is 2. The number of nitrogens with one attached hydrogen (secondary N) is 1. The van der Waals surface area contributed by atoms with Crippen LogP contribution in [-0.4, -0.2) is 47.4 Å². The zero-order chi connectivity index (χ0) is 43.7. The van der Waals surface area contributed by atoms with Crippen LogP contribution < -0.4 is 5.32 Å². The summed E-state index contributed by atoms with van der Waals surface area (Å²) in [5, 5.41) is 23.2. The van der Waals surface area contributed by atoms with Gasteiger partial charge in [-0.15, -0.1) is 0 Å². The molecule has 0 saturated carbocycles. The number of carbonyl (C=O) groups excluding carboxylic acids is 2. The molecule has 0 saturated heterocycles. The molecule has 0 aromatic carbocycles. The van der Waals surface area contributed by atoms with Crippen LogP contribution in [0, 0.1) is 0 Å². The van der Waals surface area contributed by atoms with Crippen molar-refractivity contribution in [3.63, 3.8) is 0 Å². The largest absolute Gasteiger partial charge is 0.466 e. The molecule has 0 heterocycles. The first kappa shape index (κ1) is 58.6. The zero-order valence-corrected chi connectivity index (χ0v) is 40.5. The lowest BCUT2D eigenvalue weighted by Gasteiger charge is -2.22. The molecule has 0 bridgehead atoms. The third-order valence-corrected chi connectivity index (χ3v) is 12.6. The van der Waals surface area contributed by atoms with Crippen molar-refractivity contribution >= 4 is 11.9 Å². The Labute approximate surface area is 374 Å². The number of amides is 1. The first-order chi connectivity index (χ1) is 29.5. The number of hydrogen-bond acceptors (Lipinski definition) is 5. The van der Waals surface area contributed by atoms with Gasteiger partial charge in [0, 0.05) is 12.8 Å². The standard InChI is InChI=1S/C54H105NO5/c1-3-5-7-9-11-13-15-17-19-22-26-30-34-38-42-46-52(57)51(50-56)55-53(58)47-43-39-35-31-27-23-21-25-29-33-37-41-45-49-60-54(59)48-44-40-36-32-28-24-20-18-16-14-12-10-8-6-4-2/h18,20,51-52,56-57H,3-17,19,21-50H2,1-2H3,(H,55,58)/b20-18-. The Bertz CT molecular complexity index is 893. The number of ether oxygens (including phenoxy) is 1. The van der Waals surface area contributed by atoms with Crippen LogP contribution in [0.5, 0.6) is 0 Å². The zero-order valence-electron chi connectivity index (χ0n) is 40.5. The lowest BCUT2D eigenvalue weighted by molar-refractivity contribution is -0.143. The van der Waals surface area contributed by atoms with E-state index in [1.165, 1.54) is 212 Å². The summed E-state index contributed by atoms with van der Waals surface area (Å²) >= 11 is 0. The minimum Gasteiger partial charge on any atom is -0.466 e. The van der Waals surface area contributed by atoms with Gasteiger partial charge in [0.2, 0.25) is 5.91 Å². The summed E-state index contributed by atoms with van der Waals surface area (Å²) in [7, 11) is 0. The minimum absolute atomic E-state index is 0.0129. The van der Waals surface area contributed by atoms with Gasteiger partial charge >= 0.3 is 5.97 Å². The summed E-state index contributed by atoms with van der Waals surface area (Å²) in [6, 6.07) is -0.550. The van der Waals surface area contributed by atoms with E-state index in [2.05, 4.69) is 31.3 Å². The fourth-order valence-corrected chi connectivity index (χ4v) is 8.40. The van der Waals surface area contributed by atoms with Gasteiger partial charge in [-0.05, 0) is 51.4 Å². The fourth-order valence-electron chi connectivity index (χ4n) is 8.40. The van der Waals surface area contributed by atoms with E-state index in [4.69, 9.17) is 4.74 Å². The van der Waals surface area contributed by atoms with Gasteiger partial charge < -0.3 is 20.3 Å². The van der Waals surface area contributed by atoms with Crippen molar-refractivity contribution in [2.75, 3.05) is 13.2 Å². The Morgan fingerprint density at radius 1 is 0.450 bits per heavy atom. The van der Waals surface area contributed by atoms with E-state index < -0.39 is 12.1 Å². The lowest BCUT2D eigenvalue weighted by atomic mass is 10.0. The summed E-state index contributed by atoms with van der Waals surface area (Å²) in [5.41, 5.74) is 0. The number of esters is 1. The van der Waals surface area contributed by atoms with Crippen LogP contribution in [0.15, 0.2) is 12.2 Å². The van der Waals surface area contributed by atoms with Crippen LogP contribution in [0.4, 0.5) is 0 Å². The van der Waals surface area contributed by atoms with Crippen molar-refractivity contribution in [1.82, 2.24) is 5.32 Å². The number of allylic oxidation sites excluding steroid dienone is 2. The van der Waals surface area contributed by atoms with Gasteiger partial charge in [-0.2, -0.15) is 0 Å². The maximum atomic E-state index is 12.5. The van der Waals surface area contributed by atoms with E-state index >= 15 is 0 Å². The van der Waals surface area contributed by atoms with Crippen molar-refractivity contribution in [3.05, 3.63) is 12.2 Å². The first-order valence-electron chi connectivity index (χ1n) is 26.9. The second kappa shape index (κ2) is 50.2. The number of rotatable bonds is 50. The summed E-state index contributed by atoms with van der Waals surface area (Å²) in [4.78, 5) is 24.5. The highest BCUT2D eigenvalue weighted by atomic mass is 16.5. The van der Waals surface area contributed by atoms with Crippen LogP contribution in [-0.2, 0) is 14.3 Å². The van der Waals surface area contributed by atoms with Crippen molar-refractivity contribution in [3.8, 4) is 0 Å². The molecular weight excluding hydrogens is 743 g/mol. The summed E-state index contributed by atoms with van der Waals surface area (Å²) in [6.45, 7) is 4.93. The molecule has 6 heteroatoms. The van der Waals surface area contributed by atoms with Gasteiger partial charge in [0.15, 0.2) is 0 Å². The van der Waals surface area contributed by atoms with Gasteiger partial charge in [-0.1, -0.05) is 244 Å². The van der Waals surface area contributed by atoms with Crippen molar-refractivity contribution in [1.29, 1.82) is 0 Å². The molecule has 6 nitrogen and oxygen atoms in total. The molecule has 0 spiro atoms. The Kier molecular flexibility index (Phi) is 49.1. The molecule has 0 aromatic rings. The highest BCUT2D eigenvalue weighted by molar-refractivity contribution is 5.76. The van der Waals surface area contributed by atoms with Crippen LogP contribution in [0.2, 0.25) is 0 Å². The SMILES string of the molecule is CCCCCCCC/C=C\CCCCCCCC(=O)OCCCCCCCCCCCCCCCC(=O)NC(CO)C(O)CCCCCCCCCCCCCCCCC. The van der Waals surface area contributed by atoms with E-state index in [0.717, 1.165) is 51.4 Å². The predicted octanol–water partition coefficient (Wildman–Crippen LogP) is 16.1. The van der Waals surface area contributed by atoms with Gasteiger partial charge in [0.05, 0.1) is 25.4 Å². The van der Waals surface area contributed by atoms with Crippen molar-refractivity contribution in [2.45, 2.75) is 309 Å². The van der Waals surface area contributed by atoms with Gasteiger partial charge in [0.25, 0.3) is 0 Å². The summed E-state index contributed by atoms with van der Waals surface area (Å²) < 4.78 is 5.46. The number of unbranched alkanes of at least 4 members (excludes halogenated alkanes) is 37. The Morgan fingerprint density at radius 3 is 1.18 bits per heavy atom. The molecule has 0 aliphatic carbocycles. The minimum atomic E-state index is -0.672. The summed E-state index contributed by atoms with van der Waals surface area (Å²) in [6.07, 6.45) is 57.5. The highest BCUT2D eigenvalue weighted by Gasteiger charge is 2.20. The van der Waals surface area contributed by atoms with Gasteiger partial charge in [0.1, 0.15) is 0 Å². The molecule has 0 rings (SSSR count). The second-order valence-electron chi connectivity index (χ2n) is 18.6. The number of hydrogen-bond donors (Lipinski definition) is 3. The van der Waals surface area contributed by atoms with Crippen LogP contribution >= 0.6 is 0 Å². The molecule has 0 aliphatic rings. The molecule has 3 N–H and O–H groups in total. The van der Waals surface area contributed by atoms with Crippen molar-refractivity contribution < 1.29 is 24.5 Å². The average molecular weight is 848 g/mol. The molecule has 60 heavy (non-hydrogen) atoms. The molecular formula is C54H105NO5. The number of carbonyl (C=O) groups is 2. The topological polar surface area (TPSA) is 95.9 Å². The summed E-state index contributed by atoms with van der Waals surface area (Å²) in [5.74, 6) is -0.0595. The quantitative estimate of drug-likeness (QED) is 0.0322.